The maximum Gasteiger partial charge on any atom is 0.107 e. The molecule has 1 heterocycles. The molecule has 1 unspecified atom stereocenters. The zero-order chi connectivity index (χ0) is 10.7. The molecule has 0 bridgehead atoms. The second kappa shape index (κ2) is 5.38. The number of aromatic nitrogens is 2. The van der Waals surface area contributed by atoms with Crippen molar-refractivity contribution in [2.75, 3.05) is 5.88 Å². The monoisotopic (exact) mass is 298 g/mol. The van der Waals surface area contributed by atoms with Crippen LogP contribution in [0.4, 0.5) is 0 Å². The summed E-state index contributed by atoms with van der Waals surface area (Å²) < 4.78 is 1.91. The van der Waals surface area contributed by atoms with Gasteiger partial charge in [0.1, 0.15) is 4.95 Å². The van der Waals surface area contributed by atoms with Crippen LogP contribution in [0.1, 0.15) is 29.2 Å². The number of hydrogen-bond donors (Lipinski definition) is 0. The summed E-state index contributed by atoms with van der Waals surface area (Å²) in [6.45, 7) is 3.88. The third-order valence-corrected chi connectivity index (χ3v) is 3.74. The van der Waals surface area contributed by atoms with Crippen molar-refractivity contribution in [1.29, 1.82) is 0 Å². The minimum absolute atomic E-state index is 0.187. The van der Waals surface area contributed by atoms with Crippen molar-refractivity contribution in [2.45, 2.75) is 31.6 Å². The lowest BCUT2D eigenvalue weighted by Gasteiger charge is -2.11. The van der Waals surface area contributed by atoms with Gasteiger partial charge in [0.2, 0.25) is 0 Å². The molecule has 80 valence electrons. The molecule has 14 heavy (non-hydrogen) atoms. The lowest BCUT2D eigenvalue weighted by molar-refractivity contribution is 0.551. The van der Waals surface area contributed by atoms with Gasteiger partial charge in [-0.25, -0.2) is 0 Å². The van der Waals surface area contributed by atoms with Crippen LogP contribution in [0.25, 0.3) is 0 Å². The van der Waals surface area contributed by atoms with E-state index in [2.05, 4.69) is 21.0 Å². The van der Waals surface area contributed by atoms with Gasteiger partial charge in [-0.1, -0.05) is 27.5 Å². The molecule has 1 aromatic rings. The van der Waals surface area contributed by atoms with Crippen LogP contribution in [-0.2, 0) is 0 Å². The Hall–Kier alpha value is 0.270. The highest BCUT2D eigenvalue weighted by Crippen LogP contribution is 2.27. The second-order valence-corrected chi connectivity index (χ2v) is 5.01. The summed E-state index contributed by atoms with van der Waals surface area (Å²) in [7, 11) is 0. The van der Waals surface area contributed by atoms with E-state index in [0.29, 0.717) is 5.88 Å². The molecule has 5 heteroatoms. The van der Waals surface area contributed by atoms with Crippen molar-refractivity contribution in [2.24, 2.45) is 0 Å². The van der Waals surface area contributed by atoms with Gasteiger partial charge in [-0.15, -0.1) is 11.6 Å². The first kappa shape index (κ1) is 12.3. The van der Waals surface area contributed by atoms with Crippen molar-refractivity contribution in [3.63, 3.8) is 0 Å². The molecule has 0 aliphatic carbocycles. The molecule has 0 spiro atoms. The summed E-state index contributed by atoms with van der Waals surface area (Å²) in [6, 6.07) is 0. The lowest BCUT2D eigenvalue weighted by atomic mass is 10.3. The minimum atomic E-state index is 0.187. The minimum Gasteiger partial charge on any atom is -0.254 e. The van der Waals surface area contributed by atoms with E-state index in [0.717, 1.165) is 29.3 Å². The van der Waals surface area contributed by atoms with Crippen molar-refractivity contribution >= 4 is 39.1 Å². The number of hydrogen-bond acceptors (Lipinski definition) is 1. The molecule has 0 saturated carbocycles. The Labute approximate surface area is 103 Å². The SMILES string of the molecule is Cc1nn(C(Br)CCCCl)c(C)c1Cl. The van der Waals surface area contributed by atoms with Crippen molar-refractivity contribution in [1.82, 2.24) is 9.78 Å². The summed E-state index contributed by atoms with van der Waals surface area (Å²) >= 11 is 15.2. The van der Waals surface area contributed by atoms with Crippen molar-refractivity contribution in [3.8, 4) is 0 Å². The standard InChI is InChI=1S/C9H13BrCl2N2/c1-6-9(12)7(2)14(13-6)8(10)4-3-5-11/h8H,3-5H2,1-2H3. The van der Waals surface area contributed by atoms with Gasteiger partial charge >= 0.3 is 0 Å². The molecule has 0 N–H and O–H groups in total. The zero-order valence-corrected chi connectivity index (χ0v) is 11.3. The first-order valence-electron chi connectivity index (χ1n) is 4.49. The highest BCUT2D eigenvalue weighted by molar-refractivity contribution is 9.09. The molecule has 1 rings (SSSR count). The van der Waals surface area contributed by atoms with Gasteiger partial charge in [-0.05, 0) is 26.7 Å². The van der Waals surface area contributed by atoms with Crippen LogP contribution in [0, 0.1) is 13.8 Å². The van der Waals surface area contributed by atoms with Gasteiger partial charge in [0.15, 0.2) is 0 Å². The normalized spacial score (nSPS) is 13.2. The average molecular weight is 300 g/mol. The molecule has 0 radical (unpaired) electrons. The quantitative estimate of drug-likeness (QED) is 0.767. The van der Waals surface area contributed by atoms with Gasteiger partial charge in [-0.3, -0.25) is 4.68 Å². The Morgan fingerprint density at radius 3 is 2.57 bits per heavy atom. The molecular formula is C9H13BrCl2N2. The highest BCUT2D eigenvalue weighted by Gasteiger charge is 2.14. The third-order valence-electron chi connectivity index (χ3n) is 2.08. The Balaban J connectivity index is 2.79. The predicted molar refractivity (Wildman–Crippen MR) is 64.6 cm³/mol. The fourth-order valence-electron chi connectivity index (χ4n) is 1.28. The highest BCUT2D eigenvalue weighted by atomic mass is 79.9. The van der Waals surface area contributed by atoms with E-state index in [1.165, 1.54) is 0 Å². The Morgan fingerprint density at radius 1 is 1.50 bits per heavy atom. The van der Waals surface area contributed by atoms with Crippen LogP contribution in [0.2, 0.25) is 5.02 Å². The summed E-state index contributed by atoms with van der Waals surface area (Å²) in [4.78, 5) is 0.187. The van der Waals surface area contributed by atoms with E-state index in [-0.39, 0.29) is 4.95 Å². The summed E-state index contributed by atoms with van der Waals surface area (Å²) in [5.41, 5.74) is 1.88. The van der Waals surface area contributed by atoms with Crippen LogP contribution in [0.3, 0.4) is 0 Å². The molecule has 0 amide bonds. The number of alkyl halides is 2. The van der Waals surface area contributed by atoms with E-state index >= 15 is 0 Å². The van der Waals surface area contributed by atoms with Crippen LogP contribution in [-0.4, -0.2) is 15.7 Å². The summed E-state index contributed by atoms with van der Waals surface area (Å²) in [6.07, 6.45) is 1.93. The molecule has 1 aromatic heterocycles. The van der Waals surface area contributed by atoms with Crippen LogP contribution >= 0.6 is 39.1 Å². The molecule has 0 aliphatic heterocycles. The van der Waals surface area contributed by atoms with Crippen molar-refractivity contribution < 1.29 is 0 Å². The zero-order valence-electron chi connectivity index (χ0n) is 8.23. The topological polar surface area (TPSA) is 17.8 Å². The number of aryl methyl sites for hydroxylation is 1. The number of halogens is 3. The van der Waals surface area contributed by atoms with Gasteiger partial charge in [0.05, 0.1) is 16.4 Å². The summed E-state index contributed by atoms with van der Waals surface area (Å²) in [5.74, 6) is 0.676. The van der Waals surface area contributed by atoms with Gasteiger partial charge in [-0.2, -0.15) is 5.10 Å². The van der Waals surface area contributed by atoms with Crippen LogP contribution < -0.4 is 0 Å². The average Bonchev–Trinajstić information content (AvgIpc) is 2.42. The second-order valence-electron chi connectivity index (χ2n) is 3.20. The molecule has 0 saturated heterocycles. The van der Waals surface area contributed by atoms with Crippen LogP contribution in [0.15, 0.2) is 0 Å². The molecule has 0 aromatic carbocycles. The number of nitrogens with zero attached hydrogens (tertiary/aromatic N) is 2. The fourth-order valence-corrected chi connectivity index (χ4v) is 2.28. The van der Waals surface area contributed by atoms with E-state index in [9.17, 15) is 0 Å². The van der Waals surface area contributed by atoms with Gasteiger partial charge in [0, 0.05) is 5.88 Å². The number of rotatable bonds is 4. The first-order chi connectivity index (χ1) is 6.57. The Morgan fingerprint density at radius 2 is 2.14 bits per heavy atom. The van der Waals surface area contributed by atoms with E-state index in [1.54, 1.807) is 0 Å². The molecular weight excluding hydrogens is 287 g/mol. The van der Waals surface area contributed by atoms with E-state index < -0.39 is 0 Å². The van der Waals surface area contributed by atoms with Crippen molar-refractivity contribution in [3.05, 3.63) is 16.4 Å². The third kappa shape index (κ3) is 2.65. The van der Waals surface area contributed by atoms with Crippen LogP contribution in [0.5, 0.6) is 0 Å². The smallest absolute Gasteiger partial charge is 0.107 e. The first-order valence-corrected chi connectivity index (χ1v) is 6.32. The molecule has 1 atom stereocenters. The van der Waals surface area contributed by atoms with Gasteiger partial charge in [0.25, 0.3) is 0 Å². The summed E-state index contributed by atoms with van der Waals surface area (Å²) in [5, 5.41) is 5.11. The molecule has 0 aliphatic rings. The molecule has 0 fully saturated rings. The largest absolute Gasteiger partial charge is 0.254 e. The fraction of sp³-hybridized carbons (Fsp3) is 0.667. The van der Waals surface area contributed by atoms with E-state index in [4.69, 9.17) is 23.2 Å². The maximum absolute atomic E-state index is 6.05. The maximum atomic E-state index is 6.05. The predicted octanol–water partition coefficient (Wildman–Crippen LogP) is 4.07. The lowest BCUT2D eigenvalue weighted by Crippen LogP contribution is -2.06. The Kier molecular flexibility index (Phi) is 4.74. The Bertz CT molecular complexity index is 312. The molecule has 2 nitrogen and oxygen atoms in total. The van der Waals surface area contributed by atoms with E-state index in [1.807, 2.05) is 18.5 Å². The van der Waals surface area contributed by atoms with Gasteiger partial charge < -0.3 is 0 Å².